The molecule has 0 radical (unpaired) electrons. The average Bonchev–Trinajstić information content (AvgIpc) is 3.85. The monoisotopic (exact) mass is 940 g/mol. The number of para-hydroxylation sites is 2. The van der Waals surface area contributed by atoms with Crippen LogP contribution in [0.5, 0.6) is 0 Å². The van der Waals surface area contributed by atoms with Crippen LogP contribution in [0.1, 0.15) is 43.9 Å². The summed E-state index contributed by atoms with van der Waals surface area (Å²) in [6, 6.07) is 72.9. The fourth-order valence-electron chi connectivity index (χ4n) is 11.0. The zero-order valence-corrected chi connectivity index (χ0v) is 40.5. The van der Waals surface area contributed by atoms with Crippen molar-refractivity contribution in [2.75, 3.05) is 0 Å². The normalized spacial score (nSPS) is 14.7. The van der Waals surface area contributed by atoms with Crippen molar-refractivity contribution < 1.29 is 8.83 Å². The molecule has 1 saturated carbocycles. The highest BCUT2D eigenvalue weighted by Crippen LogP contribution is 2.55. The molecule has 0 aliphatic heterocycles. The first-order valence-electron chi connectivity index (χ1n) is 25.4. The summed E-state index contributed by atoms with van der Waals surface area (Å²) >= 11 is 0. The third kappa shape index (κ3) is 7.36. The van der Waals surface area contributed by atoms with Crippen LogP contribution >= 0.6 is 0 Å². The highest BCUT2D eigenvalue weighted by Gasteiger charge is 2.42. The van der Waals surface area contributed by atoms with Crippen LogP contribution in [0.25, 0.3) is 134 Å². The second-order valence-electron chi connectivity index (χ2n) is 19.4. The quantitative estimate of drug-likeness (QED) is 0.159. The maximum atomic E-state index is 6.48. The molecule has 6 heteroatoms. The van der Waals surface area contributed by atoms with E-state index in [9.17, 15) is 0 Å². The Kier molecular flexibility index (Phi) is 10.1. The molecule has 73 heavy (non-hydrogen) atoms. The molecule has 6 nitrogen and oxygen atoms in total. The Morgan fingerprint density at radius 1 is 0.438 bits per heavy atom. The average molecular weight is 941 g/mol. The highest BCUT2D eigenvalue weighted by atomic mass is 16.3. The van der Waals surface area contributed by atoms with Crippen molar-refractivity contribution in [1.29, 1.82) is 0 Å². The maximum Gasteiger partial charge on any atom is 0.164 e. The summed E-state index contributed by atoms with van der Waals surface area (Å²) in [5.74, 6) is 4.03. The molecule has 2 aliphatic rings. The van der Waals surface area contributed by atoms with Crippen LogP contribution in [0.15, 0.2) is 221 Å². The fraction of sp³-hybridized carbons (Fsp3) is 0.0896. The molecule has 4 heterocycles. The van der Waals surface area contributed by atoms with Gasteiger partial charge in [0.2, 0.25) is 0 Å². The van der Waals surface area contributed by atoms with Gasteiger partial charge in [-0.2, -0.15) is 0 Å². The van der Waals surface area contributed by atoms with Crippen LogP contribution in [-0.4, -0.2) is 19.5 Å². The van der Waals surface area contributed by atoms with Gasteiger partial charge < -0.3 is 13.4 Å². The van der Waals surface area contributed by atoms with E-state index in [0.717, 1.165) is 88.9 Å². The number of nitrogens with zero attached hydrogens (tertiary/aromatic N) is 4. The molecule has 2 atom stereocenters. The summed E-state index contributed by atoms with van der Waals surface area (Å²) in [6.07, 6.45) is 6.96. The number of hydrogen-bond acceptors (Lipinski definition) is 5. The molecule has 1 fully saturated rings. The largest absolute Gasteiger partial charge is 0.456 e. The second kappa shape index (κ2) is 17.3. The van der Waals surface area contributed by atoms with Crippen LogP contribution in [0.2, 0.25) is 0 Å². The number of hydrogen-bond donors (Lipinski definition) is 0. The molecular weight excluding hydrogens is 893 g/mol. The minimum Gasteiger partial charge on any atom is -0.456 e. The molecule has 15 rings (SSSR count). The minimum atomic E-state index is 0.572. The van der Waals surface area contributed by atoms with E-state index in [1.807, 2.05) is 54.6 Å². The SMILES string of the molecule is C1=CC2CC2c2c1oc1cc(-c3cccc(-c4cccc5c6cc(-c7ccccc7)ccc6n(-c6cccc(-c7nc(-c8ccccc8)nc(-c8ccc9c(c8)oc8ccccc89)n7)c6)c45)c3)ccc21.CCC. The maximum absolute atomic E-state index is 6.48. The third-order valence-corrected chi connectivity index (χ3v) is 14.5. The number of fused-ring (bicyclic) bond motifs is 11. The van der Waals surface area contributed by atoms with Gasteiger partial charge in [0.05, 0.1) is 11.0 Å². The van der Waals surface area contributed by atoms with Gasteiger partial charge in [0.15, 0.2) is 17.5 Å². The van der Waals surface area contributed by atoms with E-state index in [1.165, 1.54) is 45.7 Å². The van der Waals surface area contributed by atoms with Crippen molar-refractivity contribution in [3.8, 4) is 73.2 Å². The Morgan fingerprint density at radius 2 is 1.01 bits per heavy atom. The first-order chi connectivity index (χ1) is 36.1. The Bertz CT molecular complexity index is 4310. The van der Waals surface area contributed by atoms with E-state index in [0.29, 0.717) is 29.3 Å². The molecule has 9 aromatic carbocycles. The minimum absolute atomic E-state index is 0.572. The molecule has 0 amide bonds. The third-order valence-electron chi connectivity index (χ3n) is 14.5. The predicted molar refractivity (Wildman–Crippen MR) is 300 cm³/mol. The van der Waals surface area contributed by atoms with Crippen molar-refractivity contribution in [2.24, 2.45) is 5.92 Å². The zero-order valence-electron chi connectivity index (χ0n) is 40.5. The fourth-order valence-corrected chi connectivity index (χ4v) is 11.0. The number of rotatable bonds is 7. The second-order valence-corrected chi connectivity index (χ2v) is 19.4. The Hall–Kier alpha value is -9.13. The molecule has 4 aromatic heterocycles. The number of benzene rings is 9. The van der Waals surface area contributed by atoms with Gasteiger partial charge in [0.1, 0.15) is 22.5 Å². The molecule has 2 aliphatic carbocycles. The van der Waals surface area contributed by atoms with E-state index >= 15 is 0 Å². The van der Waals surface area contributed by atoms with Crippen molar-refractivity contribution in [3.05, 3.63) is 224 Å². The molecule has 2 unspecified atom stereocenters. The van der Waals surface area contributed by atoms with Crippen molar-refractivity contribution in [1.82, 2.24) is 19.5 Å². The Balaban J connectivity index is 0.00000161. The van der Waals surface area contributed by atoms with E-state index in [-0.39, 0.29) is 0 Å². The van der Waals surface area contributed by atoms with Crippen molar-refractivity contribution in [3.63, 3.8) is 0 Å². The number of furan rings is 2. The molecule has 0 saturated heterocycles. The van der Waals surface area contributed by atoms with Gasteiger partial charge in [-0.3, -0.25) is 0 Å². The Labute approximate surface area is 422 Å². The van der Waals surface area contributed by atoms with E-state index < -0.39 is 0 Å². The van der Waals surface area contributed by atoms with Gasteiger partial charge in [-0.15, -0.1) is 0 Å². The molecule has 0 N–H and O–H groups in total. The molecular formula is C67H48N4O2. The van der Waals surface area contributed by atoms with Crippen LogP contribution in [0, 0.1) is 5.92 Å². The lowest BCUT2D eigenvalue weighted by atomic mass is 9.95. The van der Waals surface area contributed by atoms with Crippen molar-refractivity contribution in [2.45, 2.75) is 32.6 Å². The summed E-state index contributed by atoms with van der Waals surface area (Å²) in [7, 11) is 0. The molecule has 0 spiro atoms. The van der Waals surface area contributed by atoms with Gasteiger partial charge in [0.25, 0.3) is 0 Å². The molecule has 348 valence electrons. The van der Waals surface area contributed by atoms with Gasteiger partial charge in [0, 0.05) is 60.4 Å². The lowest BCUT2D eigenvalue weighted by Gasteiger charge is -2.14. The number of allylic oxidation sites excluding steroid dienone is 1. The van der Waals surface area contributed by atoms with E-state index in [2.05, 4.69) is 182 Å². The lowest BCUT2D eigenvalue weighted by Crippen LogP contribution is -2.01. The van der Waals surface area contributed by atoms with E-state index in [4.69, 9.17) is 23.8 Å². The summed E-state index contributed by atoms with van der Waals surface area (Å²) < 4.78 is 15.2. The smallest absolute Gasteiger partial charge is 0.164 e. The summed E-state index contributed by atoms with van der Waals surface area (Å²) in [6.45, 7) is 4.25. The summed E-state index contributed by atoms with van der Waals surface area (Å²) in [4.78, 5) is 15.5. The highest BCUT2D eigenvalue weighted by molar-refractivity contribution is 6.15. The van der Waals surface area contributed by atoms with Gasteiger partial charge in [-0.25, -0.2) is 15.0 Å². The predicted octanol–water partition coefficient (Wildman–Crippen LogP) is 18.2. The molecule has 13 aromatic rings. The zero-order chi connectivity index (χ0) is 48.6. The Morgan fingerprint density at radius 3 is 1.85 bits per heavy atom. The van der Waals surface area contributed by atoms with Crippen molar-refractivity contribution >= 4 is 60.8 Å². The van der Waals surface area contributed by atoms with Gasteiger partial charge >= 0.3 is 0 Å². The van der Waals surface area contributed by atoms with Crippen LogP contribution < -0.4 is 0 Å². The standard InChI is InChI=1S/C64H40N4O2.C3H8/c1-3-12-38(13-4-1)41-26-30-55-54(34-41)51-22-11-21-48(43-17-9-16-40(32-43)42-24-29-52-59(36-42)70-57-31-27-44-35-53(44)60(52)57)61(51)68(55)47-19-10-18-45(33-47)63-65-62(39-14-5-2-6-15-39)66-64(67-63)46-25-28-50-49-20-7-8-23-56(49)69-58(50)37-46;1-3-2/h1-34,36-37,44,53H,35H2;3H2,1-2H3. The van der Waals surface area contributed by atoms with E-state index in [1.54, 1.807) is 0 Å². The first kappa shape index (κ1) is 42.7. The molecule has 0 bridgehead atoms. The van der Waals surface area contributed by atoms with Gasteiger partial charge in [-0.1, -0.05) is 178 Å². The van der Waals surface area contributed by atoms with Crippen LogP contribution in [0.4, 0.5) is 0 Å². The number of aromatic nitrogens is 4. The summed E-state index contributed by atoms with van der Waals surface area (Å²) in [5.41, 5.74) is 16.7. The van der Waals surface area contributed by atoms with Crippen LogP contribution in [0.3, 0.4) is 0 Å². The lowest BCUT2D eigenvalue weighted by molar-refractivity contribution is 0.596. The first-order valence-corrected chi connectivity index (χ1v) is 25.4. The topological polar surface area (TPSA) is 69.9 Å². The summed E-state index contributed by atoms with van der Waals surface area (Å²) in [5, 5.41) is 5.73. The van der Waals surface area contributed by atoms with Crippen LogP contribution in [-0.2, 0) is 0 Å². The van der Waals surface area contributed by atoms with Gasteiger partial charge in [-0.05, 0) is 107 Å².